The molecule has 116 valence electrons. The largest absolute Gasteiger partial charge is 0.367 e. The van der Waals surface area contributed by atoms with E-state index in [1.54, 1.807) is 4.90 Å². The number of morpholine rings is 1. The molecule has 0 unspecified atom stereocenters. The summed E-state index contributed by atoms with van der Waals surface area (Å²) in [5.74, 6) is -0.275. The molecule has 2 fully saturated rings. The molecule has 4 rings (SSSR count). The van der Waals surface area contributed by atoms with Crippen LogP contribution >= 0.6 is 0 Å². The van der Waals surface area contributed by atoms with Gasteiger partial charge in [-0.1, -0.05) is 24.3 Å². The SMILES string of the molecule is NC(=O)[C@@H]1CN(C(=O)[C@H]2C[C@@]23CCc2ccccc23)CCO1. The van der Waals surface area contributed by atoms with Crippen LogP contribution in [0.3, 0.4) is 0 Å². The number of rotatable bonds is 2. The van der Waals surface area contributed by atoms with Crippen LogP contribution in [0.15, 0.2) is 24.3 Å². The number of carbonyl (C=O) groups is 2. The molecular formula is C17H20N2O3. The Bertz CT molecular complexity index is 645. The first-order valence-electron chi connectivity index (χ1n) is 7.90. The average molecular weight is 300 g/mol. The lowest BCUT2D eigenvalue weighted by atomic mass is 9.95. The summed E-state index contributed by atoms with van der Waals surface area (Å²) in [5, 5.41) is 0. The van der Waals surface area contributed by atoms with Crippen LogP contribution in [0, 0.1) is 5.92 Å². The van der Waals surface area contributed by atoms with E-state index in [-0.39, 0.29) is 17.2 Å². The third-order valence-electron chi connectivity index (χ3n) is 5.46. The molecule has 5 heteroatoms. The van der Waals surface area contributed by atoms with E-state index in [1.807, 2.05) is 0 Å². The van der Waals surface area contributed by atoms with Gasteiger partial charge in [0, 0.05) is 17.9 Å². The Morgan fingerprint density at radius 3 is 2.95 bits per heavy atom. The van der Waals surface area contributed by atoms with Gasteiger partial charge in [-0.3, -0.25) is 9.59 Å². The number of primary amides is 1. The topological polar surface area (TPSA) is 72.6 Å². The summed E-state index contributed by atoms with van der Waals surface area (Å²) >= 11 is 0. The lowest BCUT2D eigenvalue weighted by Gasteiger charge is -2.32. The Hall–Kier alpha value is -1.88. The first-order valence-corrected chi connectivity index (χ1v) is 7.90. The number of ether oxygens (including phenoxy) is 1. The Balaban J connectivity index is 1.51. The number of aryl methyl sites for hydroxylation is 1. The van der Waals surface area contributed by atoms with Crippen molar-refractivity contribution in [3.8, 4) is 0 Å². The standard InChI is InChI=1S/C17H20N2O3/c18-15(20)14-10-19(7-8-22-14)16(21)13-9-17(13)6-5-11-3-1-2-4-12(11)17/h1-4,13-14H,5-10H2,(H2,18,20)/t13-,14+,17-/m1/s1. The van der Waals surface area contributed by atoms with Crippen molar-refractivity contribution in [3.63, 3.8) is 0 Å². The first-order chi connectivity index (χ1) is 10.6. The van der Waals surface area contributed by atoms with Crippen LogP contribution in [0.2, 0.25) is 0 Å². The first kappa shape index (κ1) is 13.8. The number of hydrogen-bond acceptors (Lipinski definition) is 3. The van der Waals surface area contributed by atoms with E-state index in [0.29, 0.717) is 19.7 Å². The molecule has 1 aliphatic heterocycles. The Kier molecular flexibility index (Phi) is 3.01. The van der Waals surface area contributed by atoms with E-state index in [9.17, 15) is 9.59 Å². The van der Waals surface area contributed by atoms with Crippen molar-refractivity contribution in [1.82, 2.24) is 4.90 Å². The number of carbonyl (C=O) groups excluding carboxylic acids is 2. The third-order valence-corrected chi connectivity index (χ3v) is 5.46. The molecule has 5 nitrogen and oxygen atoms in total. The van der Waals surface area contributed by atoms with E-state index in [0.717, 1.165) is 19.3 Å². The molecule has 1 aromatic carbocycles. The summed E-state index contributed by atoms with van der Waals surface area (Å²) < 4.78 is 5.32. The van der Waals surface area contributed by atoms with Crippen molar-refractivity contribution < 1.29 is 14.3 Å². The van der Waals surface area contributed by atoms with Crippen LogP contribution in [0.4, 0.5) is 0 Å². The van der Waals surface area contributed by atoms with Gasteiger partial charge in [0.15, 0.2) is 6.10 Å². The zero-order valence-electron chi connectivity index (χ0n) is 12.5. The molecule has 1 aromatic rings. The van der Waals surface area contributed by atoms with E-state index in [2.05, 4.69) is 24.3 Å². The predicted octanol–water partition coefficient (Wildman–Crippen LogP) is 0.603. The Morgan fingerprint density at radius 2 is 2.14 bits per heavy atom. The second-order valence-corrected chi connectivity index (χ2v) is 6.62. The Labute approximate surface area is 129 Å². The maximum Gasteiger partial charge on any atom is 0.248 e. The summed E-state index contributed by atoms with van der Waals surface area (Å²) in [6, 6.07) is 8.46. The quantitative estimate of drug-likeness (QED) is 0.869. The highest BCUT2D eigenvalue weighted by Gasteiger charge is 2.62. The monoisotopic (exact) mass is 300 g/mol. The number of hydrogen-bond donors (Lipinski definition) is 1. The highest BCUT2D eigenvalue weighted by molar-refractivity contribution is 5.86. The maximum atomic E-state index is 12.8. The molecule has 1 spiro atoms. The van der Waals surface area contributed by atoms with Gasteiger partial charge in [-0.2, -0.15) is 0 Å². The Morgan fingerprint density at radius 1 is 1.32 bits per heavy atom. The van der Waals surface area contributed by atoms with Crippen molar-refractivity contribution in [1.29, 1.82) is 0 Å². The van der Waals surface area contributed by atoms with Gasteiger partial charge in [-0.15, -0.1) is 0 Å². The number of fused-ring (bicyclic) bond motifs is 2. The van der Waals surface area contributed by atoms with Gasteiger partial charge in [0.25, 0.3) is 0 Å². The van der Waals surface area contributed by atoms with Crippen molar-refractivity contribution in [3.05, 3.63) is 35.4 Å². The van der Waals surface area contributed by atoms with Crippen molar-refractivity contribution in [2.75, 3.05) is 19.7 Å². The smallest absolute Gasteiger partial charge is 0.248 e. The summed E-state index contributed by atoms with van der Waals surface area (Å²) in [6.07, 6.45) is 2.39. The summed E-state index contributed by atoms with van der Waals surface area (Å²) in [7, 11) is 0. The molecule has 0 aromatic heterocycles. The van der Waals surface area contributed by atoms with Crippen LogP contribution in [0.25, 0.3) is 0 Å². The fourth-order valence-corrected chi connectivity index (χ4v) is 4.16. The van der Waals surface area contributed by atoms with Gasteiger partial charge in [0.1, 0.15) is 0 Å². The van der Waals surface area contributed by atoms with Gasteiger partial charge < -0.3 is 15.4 Å². The molecular weight excluding hydrogens is 280 g/mol. The lowest BCUT2D eigenvalue weighted by molar-refractivity contribution is -0.146. The van der Waals surface area contributed by atoms with E-state index >= 15 is 0 Å². The van der Waals surface area contributed by atoms with Crippen LogP contribution in [-0.2, 0) is 26.2 Å². The van der Waals surface area contributed by atoms with E-state index < -0.39 is 12.0 Å². The normalized spacial score (nSPS) is 32.8. The zero-order chi connectivity index (χ0) is 15.3. The molecule has 2 aliphatic carbocycles. The lowest BCUT2D eigenvalue weighted by Crippen LogP contribution is -2.51. The highest BCUT2D eigenvalue weighted by Crippen LogP contribution is 2.62. The van der Waals surface area contributed by atoms with Crippen molar-refractivity contribution in [2.24, 2.45) is 11.7 Å². The van der Waals surface area contributed by atoms with Gasteiger partial charge in [-0.05, 0) is 30.4 Å². The van der Waals surface area contributed by atoms with Gasteiger partial charge in [-0.25, -0.2) is 0 Å². The number of nitrogens with zero attached hydrogens (tertiary/aromatic N) is 1. The van der Waals surface area contributed by atoms with Crippen LogP contribution in [-0.4, -0.2) is 42.5 Å². The second-order valence-electron chi connectivity index (χ2n) is 6.62. The summed E-state index contributed by atoms with van der Waals surface area (Å²) in [4.78, 5) is 25.9. The number of nitrogens with two attached hydrogens (primary N) is 1. The number of benzene rings is 1. The van der Waals surface area contributed by atoms with Crippen molar-refractivity contribution >= 4 is 11.8 Å². The molecule has 22 heavy (non-hydrogen) atoms. The molecule has 0 radical (unpaired) electrons. The molecule has 2 amide bonds. The third kappa shape index (κ3) is 1.96. The highest BCUT2D eigenvalue weighted by atomic mass is 16.5. The van der Waals surface area contributed by atoms with Crippen LogP contribution < -0.4 is 5.73 Å². The molecule has 1 saturated heterocycles. The maximum absolute atomic E-state index is 12.8. The van der Waals surface area contributed by atoms with E-state index in [1.165, 1.54) is 11.1 Å². The van der Waals surface area contributed by atoms with Gasteiger partial charge in [0.05, 0.1) is 13.2 Å². The molecule has 1 saturated carbocycles. The molecule has 2 N–H and O–H groups in total. The predicted molar refractivity (Wildman–Crippen MR) is 80.1 cm³/mol. The average Bonchev–Trinajstić information content (AvgIpc) is 3.16. The van der Waals surface area contributed by atoms with E-state index in [4.69, 9.17) is 10.5 Å². The minimum absolute atomic E-state index is 0.0498. The fraction of sp³-hybridized carbons (Fsp3) is 0.529. The second kappa shape index (κ2) is 4.81. The minimum atomic E-state index is -0.664. The fourth-order valence-electron chi connectivity index (χ4n) is 4.16. The van der Waals surface area contributed by atoms with Crippen LogP contribution in [0.1, 0.15) is 24.0 Å². The molecule has 3 atom stereocenters. The minimum Gasteiger partial charge on any atom is -0.367 e. The summed E-state index contributed by atoms with van der Waals surface area (Å²) in [6.45, 7) is 1.23. The molecule has 1 heterocycles. The van der Waals surface area contributed by atoms with Gasteiger partial charge >= 0.3 is 0 Å². The zero-order valence-corrected chi connectivity index (χ0v) is 12.5. The molecule has 0 bridgehead atoms. The summed E-state index contributed by atoms with van der Waals surface area (Å²) in [5.41, 5.74) is 8.09. The number of amides is 2. The van der Waals surface area contributed by atoms with Gasteiger partial charge in [0.2, 0.25) is 11.8 Å². The molecule has 3 aliphatic rings. The van der Waals surface area contributed by atoms with Crippen LogP contribution in [0.5, 0.6) is 0 Å². The van der Waals surface area contributed by atoms with Crippen molar-refractivity contribution in [2.45, 2.75) is 30.8 Å².